The first-order chi connectivity index (χ1) is 12.6. The molecule has 0 bridgehead atoms. The summed E-state index contributed by atoms with van der Waals surface area (Å²) in [7, 11) is 1.95. The van der Waals surface area contributed by atoms with E-state index in [1.807, 2.05) is 48.9 Å². The number of carbonyl (C=O) groups is 1. The van der Waals surface area contributed by atoms with Crippen LogP contribution in [0.3, 0.4) is 0 Å². The summed E-state index contributed by atoms with van der Waals surface area (Å²) in [6.07, 6.45) is 3.28. The number of fused-ring (bicyclic) bond motifs is 1. The summed E-state index contributed by atoms with van der Waals surface area (Å²) in [6, 6.07) is 9.76. The van der Waals surface area contributed by atoms with E-state index >= 15 is 0 Å². The van der Waals surface area contributed by atoms with Crippen LogP contribution in [-0.2, 0) is 24.9 Å². The molecule has 0 atom stereocenters. The van der Waals surface area contributed by atoms with Crippen molar-refractivity contribution in [2.75, 3.05) is 5.32 Å². The van der Waals surface area contributed by atoms with Crippen LogP contribution >= 0.6 is 0 Å². The third-order valence-corrected chi connectivity index (χ3v) is 4.05. The molecule has 0 spiro atoms. The molecule has 0 radical (unpaired) electrons. The number of aromatic nitrogens is 7. The van der Waals surface area contributed by atoms with Gasteiger partial charge in [0.05, 0.1) is 23.8 Å². The molecule has 4 rings (SSSR count). The maximum Gasteiger partial charge on any atom is 0.247 e. The van der Waals surface area contributed by atoms with Crippen molar-refractivity contribution in [3.63, 3.8) is 0 Å². The van der Waals surface area contributed by atoms with E-state index in [-0.39, 0.29) is 12.5 Å². The highest BCUT2D eigenvalue weighted by atomic mass is 16.2. The smallest absolute Gasteiger partial charge is 0.247 e. The lowest BCUT2D eigenvalue weighted by Gasteiger charge is -2.02. The molecule has 132 valence electrons. The summed E-state index contributed by atoms with van der Waals surface area (Å²) in [6.45, 7) is 2.66. The number of anilines is 1. The Morgan fingerprint density at radius 3 is 2.81 bits per heavy atom. The fraction of sp³-hybridized carbons (Fsp3) is 0.235. The standard InChI is InChI=1S/C17H18N8O/c1-3-25-18-10-15(22-25)20-16(26)11-24-9-8-13(21-24)17-19-12-6-4-5-7-14(12)23(17)2/h4-10H,3,11H2,1-2H3,(H,20,22,26). The Morgan fingerprint density at radius 1 is 1.19 bits per heavy atom. The second kappa shape index (κ2) is 6.43. The molecule has 3 heterocycles. The van der Waals surface area contributed by atoms with Gasteiger partial charge in [-0.15, -0.1) is 5.10 Å². The maximum absolute atomic E-state index is 12.2. The highest BCUT2D eigenvalue weighted by molar-refractivity contribution is 5.89. The van der Waals surface area contributed by atoms with Crippen molar-refractivity contribution in [3.05, 3.63) is 42.7 Å². The summed E-state index contributed by atoms with van der Waals surface area (Å²) < 4.78 is 3.57. The van der Waals surface area contributed by atoms with Crippen molar-refractivity contribution in [2.45, 2.75) is 20.0 Å². The second-order valence-electron chi connectivity index (χ2n) is 5.85. The first-order valence-corrected chi connectivity index (χ1v) is 8.29. The SMILES string of the molecule is CCn1ncc(NC(=O)Cn2ccc(-c3nc4ccccc4n3C)n2)n1. The number of aryl methyl sites for hydroxylation is 2. The Bertz CT molecular complexity index is 1070. The van der Waals surface area contributed by atoms with Crippen LogP contribution in [0.4, 0.5) is 5.82 Å². The lowest BCUT2D eigenvalue weighted by Crippen LogP contribution is -2.19. The van der Waals surface area contributed by atoms with Gasteiger partial charge in [0.2, 0.25) is 5.91 Å². The van der Waals surface area contributed by atoms with Crippen molar-refractivity contribution in [1.82, 2.24) is 34.3 Å². The lowest BCUT2D eigenvalue weighted by atomic mass is 10.3. The van der Waals surface area contributed by atoms with E-state index in [2.05, 4.69) is 25.6 Å². The highest BCUT2D eigenvalue weighted by Gasteiger charge is 2.13. The van der Waals surface area contributed by atoms with Gasteiger partial charge in [0, 0.05) is 13.2 Å². The number of nitrogens with one attached hydrogen (secondary N) is 1. The van der Waals surface area contributed by atoms with E-state index in [1.165, 1.54) is 11.0 Å². The zero-order valence-corrected chi connectivity index (χ0v) is 14.5. The Kier molecular flexibility index (Phi) is 3.96. The average Bonchev–Trinajstić information content (AvgIpc) is 3.35. The molecule has 0 saturated heterocycles. The first kappa shape index (κ1) is 16.0. The largest absolute Gasteiger partial charge is 0.326 e. The Labute approximate surface area is 149 Å². The number of para-hydroxylation sites is 2. The van der Waals surface area contributed by atoms with Crippen LogP contribution in [0, 0.1) is 0 Å². The Hall–Kier alpha value is -3.49. The van der Waals surface area contributed by atoms with E-state index in [0.717, 1.165) is 16.9 Å². The minimum Gasteiger partial charge on any atom is -0.326 e. The zero-order valence-electron chi connectivity index (χ0n) is 14.5. The lowest BCUT2D eigenvalue weighted by molar-refractivity contribution is -0.116. The molecule has 1 amide bonds. The monoisotopic (exact) mass is 350 g/mol. The molecule has 0 aliphatic heterocycles. The molecular formula is C17H18N8O. The average molecular weight is 350 g/mol. The summed E-state index contributed by atoms with van der Waals surface area (Å²) >= 11 is 0. The number of hydrogen-bond acceptors (Lipinski definition) is 5. The quantitative estimate of drug-likeness (QED) is 0.591. The van der Waals surface area contributed by atoms with Crippen molar-refractivity contribution >= 4 is 22.8 Å². The van der Waals surface area contributed by atoms with Gasteiger partial charge in [0.25, 0.3) is 0 Å². The summed E-state index contributed by atoms with van der Waals surface area (Å²) in [4.78, 5) is 18.3. The molecule has 0 aliphatic rings. The van der Waals surface area contributed by atoms with E-state index in [4.69, 9.17) is 0 Å². The van der Waals surface area contributed by atoms with E-state index < -0.39 is 0 Å². The van der Waals surface area contributed by atoms with Gasteiger partial charge < -0.3 is 9.88 Å². The van der Waals surface area contributed by atoms with Gasteiger partial charge in [-0.2, -0.15) is 15.0 Å². The second-order valence-corrected chi connectivity index (χ2v) is 5.85. The van der Waals surface area contributed by atoms with Crippen LogP contribution in [0.2, 0.25) is 0 Å². The van der Waals surface area contributed by atoms with Crippen LogP contribution in [0.15, 0.2) is 42.7 Å². The molecule has 26 heavy (non-hydrogen) atoms. The van der Waals surface area contributed by atoms with Crippen molar-refractivity contribution in [2.24, 2.45) is 7.05 Å². The molecule has 9 heteroatoms. The first-order valence-electron chi connectivity index (χ1n) is 8.29. The van der Waals surface area contributed by atoms with Gasteiger partial charge in [0.15, 0.2) is 11.6 Å². The third-order valence-electron chi connectivity index (χ3n) is 4.05. The Morgan fingerprint density at radius 2 is 2.04 bits per heavy atom. The molecule has 0 aliphatic carbocycles. The number of amides is 1. The fourth-order valence-corrected chi connectivity index (χ4v) is 2.78. The summed E-state index contributed by atoms with van der Waals surface area (Å²) in [5, 5.41) is 15.3. The summed E-state index contributed by atoms with van der Waals surface area (Å²) in [5.41, 5.74) is 2.67. The number of carbonyl (C=O) groups excluding carboxylic acids is 1. The van der Waals surface area contributed by atoms with Gasteiger partial charge in [-0.1, -0.05) is 12.1 Å². The van der Waals surface area contributed by atoms with Gasteiger partial charge >= 0.3 is 0 Å². The van der Waals surface area contributed by atoms with Crippen LogP contribution in [0.1, 0.15) is 6.92 Å². The zero-order chi connectivity index (χ0) is 18.1. The van der Waals surface area contributed by atoms with E-state index in [9.17, 15) is 4.79 Å². The van der Waals surface area contributed by atoms with Gasteiger partial charge in [-0.3, -0.25) is 9.48 Å². The Balaban J connectivity index is 1.50. The molecule has 1 N–H and O–H groups in total. The van der Waals surface area contributed by atoms with Crippen LogP contribution in [-0.4, -0.2) is 40.2 Å². The number of imidazole rings is 1. The van der Waals surface area contributed by atoms with Crippen LogP contribution < -0.4 is 5.32 Å². The number of nitrogens with zero attached hydrogens (tertiary/aromatic N) is 7. The number of hydrogen-bond donors (Lipinski definition) is 1. The minimum absolute atomic E-state index is 0.0862. The highest BCUT2D eigenvalue weighted by Crippen LogP contribution is 2.21. The fourth-order valence-electron chi connectivity index (χ4n) is 2.78. The van der Waals surface area contributed by atoms with Crippen LogP contribution in [0.5, 0.6) is 0 Å². The normalized spacial score (nSPS) is 11.2. The molecule has 3 aromatic heterocycles. The molecule has 9 nitrogen and oxygen atoms in total. The maximum atomic E-state index is 12.2. The molecule has 4 aromatic rings. The van der Waals surface area contributed by atoms with Crippen LogP contribution in [0.25, 0.3) is 22.6 Å². The summed E-state index contributed by atoms with van der Waals surface area (Å²) in [5.74, 6) is 0.976. The third kappa shape index (κ3) is 2.94. The molecular weight excluding hydrogens is 332 g/mol. The molecule has 0 saturated carbocycles. The van der Waals surface area contributed by atoms with Gasteiger partial charge in [0.1, 0.15) is 12.2 Å². The van der Waals surface area contributed by atoms with Crippen molar-refractivity contribution < 1.29 is 4.79 Å². The number of benzene rings is 1. The van der Waals surface area contributed by atoms with Gasteiger partial charge in [-0.05, 0) is 25.1 Å². The van der Waals surface area contributed by atoms with E-state index in [1.54, 1.807) is 10.9 Å². The topological polar surface area (TPSA) is 95.5 Å². The molecule has 1 aromatic carbocycles. The molecule has 0 fully saturated rings. The minimum atomic E-state index is -0.215. The van der Waals surface area contributed by atoms with Crippen molar-refractivity contribution in [1.29, 1.82) is 0 Å². The van der Waals surface area contributed by atoms with E-state index in [0.29, 0.717) is 18.1 Å². The predicted octanol–water partition coefficient (Wildman–Crippen LogP) is 1.69. The van der Waals surface area contributed by atoms with Crippen molar-refractivity contribution in [3.8, 4) is 11.5 Å². The number of rotatable bonds is 5. The molecule has 0 unspecified atom stereocenters. The van der Waals surface area contributed by atoms with Gasteiger partial charge in [-0.25, -0.2) is 4.98 Å². The predicted molar refractivity (Wildman–Crippen MR) is 96.3 cm³/mol.